The Hall–Kier alpha value is -3.06. The van der Waals surface area contributed by atoms with Crippen molar-refractivity contribution in [2.45, 2.75) is 54.1 Å². The van der Waals surface area contributed by atoms with Gasteiger partial charge in [0.15, 0.2) is 0 Å². The summed E-state index contributed by atoms with van der Waals surface area (Å²) in [6, 6.07) is 6.77. The Morgan fingerprint density at radius 3 is 2.32 bits per heavy atom. The van der Waals surface area contributed by atoms with Crippen molar-refractivity contribution in [2.75, 3.05) is 17.2 Å². The SMILES string of the molecule is Cc1ccc([C@H](Nc2c(Nc3ccc(Cl)c4c3C(=O)N(CC(C)C)C4)c(=O)c2=O)C(C)(C)C)o1. The molecular formula is C26H30ClN3O4. The van der Waals surface area contributed by atoms with Gasteiger partial charge in [0.1, 0.15) is 22.9 Å². The van der Waals surface area contributed by atoms with Gasteiger partial charge in [0.05, 0.1) is 17.3 Å². The van der Waals surface area contributed by atoms with Crippen molar-refractivity contribution in [3.8, 4) is 0 Å². The van der Waals surface area contributed by atoms with Gasteiger partial charge in [-0.1, -0.05) is 46.2 Å². The molecule has 0 bridgehead atoms. The zero-order valence-corrected chi connectivity index (χ0v) is 21.1. The molecule has 0 spiro atoms. The fourth-order valence-electron chi connectivity index (χ4n) is 4.39. The third-order valence-corrected chi connectivity index (χ3v) is 6.42. The second-order valence-electron chi connectivity index (χ2n) is 10.5. The van der Waals surface area contributed by atoms with E-state index in [1.54, 1.807) is 17.0 Å². The number of aryl methyl sites for hydroxylation is 1. The average Bonchev–Trinajstić information content (AvgIpc) is 3.31. The van der Waals surface area contributed by atoms with Crippen molar-refractivity contribution in [1.29, 1.82) is 0 Å². The summed E-state index contributed by atoms with van der Waals surface area (Å²) in [6.07, 6.45) is 0. The third kappa shape index (κ3) is 4.25. The quantitative estimate of drug-likeness (QED) is 0.437. The lowest BCUT2D eigenvalue weighted by molar-refractivity contribution is 0.0760. The monoisotopic (exact) mass is 483 g/mol. The van der Waals surface area contributed by atoms with Crippen LogP contribution >= 0.6 is 11.6 Å². The average molecular weight is 484 g/mol. The van der Waals surface area contributed by atoms with Crippen LogP contribution in [0.25, 0.3) is 0 Å². The molecule has 2 aromatic carbocycles. The molecule has 1 amide bonds. The van der Waals surface area contributed by atoms with Crippen molar-refractivity contribution in [3.63, 3.8) is 0 Å². The van der Waals surface area contributed by atoms with E-state index in [9.17, 15) is 14.4 Å². The van der Waals surface area contributed by atoms with Crippen molar-refractivity contribution in [2.24, 2.45) is 11.3 Å². The van der Waals surface area contributed by atoms with E-state index in [0.29, 0.717) is 41.0 Å². The highest BCUT2D eigenvalue weighted by Gasteiger charge is 2.35. The molecular weight excluding hydrogens is 454 g/mol. The molecule has 7 nitrogen and oxygen atoms in total. The molecule has 3 aromatic rings. The third-order valence-electron chi connectivity index (χ3n) is 6.06. The molecule has 1 aromatic heterocycles. The minimum atomic E-state index is -0.626. The first kappa shape index (κ1) is 24.1. The highest BCUT2D eigenvalue weighted by atomic mass is 35.5. The largest absolute Gasteiger partial charge is 0.464 e. The Balaban J connectivity index is 1.68. The minimum absolute atomic E-state index is 0.138. The van der Waals surface area contributed by atoms with Crippen LogP contribution in [0.5, 0.6) is 0 Å². The van der Waals surface area contributed by atoms with Crippen LogP contribution in [0.1, 0.15) is 68.1 Å². The number of nitrogens with one attached hydrogen (secondary N) is 2. The van der Waals surface area contributed by atoms with Crippen LogP contribution in [0.3, 0.4) is 0 Å². The van der Waals surface area contributed by atoms with Gasteiger partial charge >= 0.3 is 0 Å². The smallest absolute Gasteiger partial charge is 0.256 e. The molecule has 0 aliphatic carbocycles. The Morgan fingerprint density at radius 1 is 1.06 bits per heavy atom. The van der Waals surface area contributed by atoms with Crippen molar-refractivity contribution in [1.82, 2.24) is 4.90 Å². The molecule has 8 heteroatoms. The number of furan rings is 1. The van der Waals surface area contributed by atoms with Gasteiger partial charge in [-0.2, -0.15) is 0 Å². The molecule has 2 heterocycles. The molecule has 0 radical (unpaired) electrons. The van der Waals surface area contributed by atoms with Crippen LogP contribution < -0.4 is 21.5 Å². The number of amides is 1. The van der Waals surface area contributed by atoms with Crippen LogP contribution in [0, 0.1) is 18.3 Å². The molecule has 180 valence electrons. The summed E-state index contributed by atoms with van der Waals surface area (Å²) in [4.78, 5) is 40.0. The number of anilines is 3. The number of nitrogens with zero attached hydrogens (tertiary/aromatic N) is 1. The molecule has 0 saturated carbocycles. The Kier molecular flexibility index (Phi) is 6.10. The van der Waals surface area contributed by atoms with Crippen molar-refractivity contribution >= 4 is 34.6 Å². The van der Waals surface area contributed by atoms with E-state index in [4.69, 9.17) is 16.0 Å². The fourth-order valence-corrected chi connectivity index (χ4v) is 4.60. The van der Waals surface area contributed by atoms with E-state index in [1.165, 1.54) is 0 Å². The second-order valence-corrected chi connectivity index (χ2v) is 10.9. The number of rotatable bonds is 7. The van der Waals surface area contributed by atoms with E-state index in [-0.39, 0.29) is 28.7 Å². The van der Waals surface area contributed by atoms with E-state index in [1.807, 2.05) is 53.7 Å². The maximum Gasteiger partial charge on any atom is 0.256 e. The molecule has 34 heavy (non-hydrogen) atoms. The summed E-state index contributed by atoms with van der Waals surface area (Å²) in [6.45, 7) is 13.0. The normalized spacial score (nSPS) is 14.7. The standard InChI is InChI=1S/C26H30ClN3O4/c1-13(2)11-30-12-15-16(27)8-9-17(19(15)25(30)33)28-20-21(23(32)22(20)31)29-24(26(4,5)6)18-10-7-14(3)34-18/h7-10,13,24,28-29H,11-12H2,1-6H3/t24-/m0/s1. The maximum absolute atomic E-state index is 13.1. The molecule has 0 fully saturated rings. The number of hydrogen-bond donors (Lipinski definition) is 2. The summed E-state index contributed by atoms with van der Waals surface area (Å²) in [5.74, 6) is 1.60. The summed E-state index contributed by atoms with van der Waals surface area (Å²) in [5.41, 5.74) is 0.430. The topological polar surface area (TPSA) is 91.6 Å². The number of fused-ring (bicyclic) bond motifs is 1. The van der Waals surface area contributed by atoms with E-state index >= 15 is 0 Å². The number of benzene rings is 1. The summed E-state index contributed by atoms with van der Waals surface area (Å²) >= 11 is 6.40. The summed E-state index contributed by atoms with van der Waals surface area (Å²) in [5, 5.41) is 6.80. The lowest BCUT2D eigenvalue weighted by atomic mass is 9.85. The maximum atomic E-state index is 13.1. The van der Waals surface area contributed by atoms with Gasteiger partial charge in [-0.25, -0.2) is 0 Å². The summed E-state index contributed by atoms with van der Waals surface area (Å²) < 4.78 is 5.82. The highest BCUT2D eigenvalue weighted by Crippen LogP contribution is 2.39. The van der Waals surface area contributed by atoms with Crippen LogP contribution in [0.2, 0.25) is 5.02 Å². The predicted molar refractivity (Wildman–Crippen MR) is 135 cm³/mol. The molecule has 2 N–H and O–H groups in total. The fraction of sp³-hybridized carbons (Fsp3) is 0.423. The number of carbonyl (C=O) groups is 1. The first-order valence-corrected chi connectivity index (χ1v) is 11.8. The van der Waals surface area contributed by atoms with E-state index in [0.717, 1.165) is 11.3 Å². The minimum Gasteiger partial charge on any atom is -0.464 e. The lowest BCUT2D eigenvalue weighted by Gasteiger charge is -2.31. The molecule has 1 atom stereocenters. The molecule has 1 aliphatic heterocycles. The van der Waals surface area contributed by atoms with Crippen molar-refractivity contribution in [3.05, 3.63) is 72.4 Å². The van der Waals surface area contributed by atoms with E-state index in [2.05, 4.69) is 10.6 Å². The van der Waals surface area contributed by atoms with Crippen molar-refractivity contribution < 1.29 is 9.21 Å². The molecule has 1 aliphatic rings. The lowest BCUT2D eigenvalue weighted by Crippen LogP contribution is -2.39. The number of carbonyl (C=O) groups excluding carboxylic acids is 1. The predicted octanol–water partition coefficient (Wildman–Crippen LogP) is 5.39. The molecule has 0 unspecified atom stereocenters. The van der Waals surface area contributed by atoms with Gasteiger partial charge in [0.25, 0.3) is 16.8 Å². The van der Waals surface area contributed by atoms with Gasteiger partial charge in [0.2, 0.25) is 0 Å². The van der Waals surface area contributed by atoms with Gasteiger partial charge in [-0.05, 0) is 42.5 Å². The first-order valence-electron chi connectivity index (χ1n) is 11.4. The van der Waals surface area contributed by atoms with Gasteiger partial charge < -0.3 is 20.0 Å². The van der Waals surface area contributed by atoms with Crippen LogP contribution in [0.4, 0.5) is 17.1 Å². The molecule has 4 rings (SSSR count). The zero-order valence-electron chi connectivity index (χ0n) is 20.3. The van der Waals surface area contributed by atoms with Gasteiger partial charge in [-0.15, -0.1) is 0 Å². The second kappa shape index (κ2) is 8.62. The zero-order chi connectivity index (χ0) is 24.9. The Bertz CT molecular complexity index is 1330. The number of hydrogen-bond acceptors (Lipinski definition) is 6. The first-order chi connectivity index (χ1) is 15.9. The van der Waals surface area contributed by atoms with Crippen LogP contribution in [-0.4, -0.2) is 17.4 Å². The van der Waals surface area contributed by atoms with Gasteiger partial charge in [0, 0.05) is 23.7 Å². The van der Waals surface area contributed by atoms with Gasteiger partial charge in [-0.3, -0.25) is 14.4 Å². The number of halogens is 1. The van der Waals surface area contributed by atoms with Crippen LogP contribution in [-0.2, 0) is 6.54 Å². The van der Waals surface area contributed by atoms with E-state index < -0.39 is 10.9 Å². The Labute approximate surface area is 203 Å². The Morgan fingerprint density at radius 2 is 1.74 bits per heavy atom. The highest BCUT2D eigenvalue weighted by molar-refractivity contribution is 6.32. The molecule has 0 saturated heterocycles. The van der Waals surface area contributed by atoms with Crippen LogP contribution in [0.15, 0.2) is 38.3 Å². The summed E-state index contributed by atoms with van der Waals surface area (Å²) in [7, 11) is 0.